The summed E-state index contributed by atoms with van der Waals surface area (Å²) in [6, 6.07) is 0. The van der Waals surface area contributed by atoms with Gasteiger partial charge in [0, 0.05) is 5.92 Å². The predicted molar refractivity (Wildman–Crippen MR) is 36.5 cm³/mol. The first-order valence-electron chi connectivity index (χ1n) is 3.31. The highest BCUT2D eigenvalue weighted by Crippen LogP contribution is 2.40. The molecule has 2 rings (SSSR count). The van der Waals surface area contributed by atoms with E-state index in [1.54, 1.807) is 0 Å². The van der Waals surface area contributed by atoms with Crippen LogP contribution in [0.4, 0.5) is 0 Å². The fourth-order valence-electron chi connectivity index (χ4n) is 0.956. The molecule has 1 saturated carbocycles. The first-order valence-corrected chi connectivity index (χ1v) is 3.69. The van der Waals surface area contributed by atoms with E-state index in [9.17, 15) is 4.79 Å². The van der Waals surface area contributed by atoms with E-state index >= 15 is 0 Å². The van der Waals surface area contributed by atoms with Gasteiger partial charge in [0.2, 0.25) is 0 Å². The van der Waals surface area contributed by atoms with Crippen LogP contribution < -0.4 is 0 Å². The van der Waals surface area contributed by atoms with Crippen LogP contribution in [0.1, 0.15) is 34.9 Å². The van der Waals surface area contributed by atoms with Gasteiger partial charge in [-0.25, -0.2) is 4.63 Å². The third-order valence-electron chi connectivity index (χ3n) is 1.66. The lowest BCUT2D eigenvalue weighted by atomic mass is 10.2. The van der Waals surface area contributed by atoms with Crippen molar-refractivity contribution in [2.24, 2.45) is 0 Å². The van der Waals surface area contributed by atoms with Gasteiger partial charge < -0.3 is 0 Å². The van der Waals surface area contributed by atoms with Crippen LogP contribution in [0.25, 0.3) is 0 Å². The van der Waals surface area contributed by atoms with Crippen LogP contribution >= 0.6 is 11.6 Å². The summed E-state index contributed by atoms with van der Waals surface area (Å²) in [4.78, 5) is 10.7. The molecule has 0 amide bonds. The van der Waals surface area contributed by atoms with Crippen molar-refractivity contribution in [1.29, 1.82) is 0 Å². The molecule has 0 unspecified atom stereocenters. The Bertz CT molecular complexity index is 293. The lowest BCUT2D eigenvalue weighted by Gasteiger charge is -1.86. The molecule has 1 aromatic heterocycles. The number of hydrogen-bond acceptors (Lipinski definition) is 4. The minimum Gasteiger partial charge on any atom is -0.274 e. The topological polar surface area (TPSA) is 56.0 Å². The molecule has 0 N–H and O–H groups in total. The van der Waals surface area contributed by atoms with E-state index in [4.69, 9.17) is 11.6 Å². The number of aromatic nitrogens is 2. The number of nitrogens with zero attached hydrogens (tertiary/aromatic N) is 2. The molecule has 4 nitrogen and oxygen atoms in total. The molecule has 11 heavy (non-hydrogen) atoms. The molecule has 1 aromatic rings. The Morgan fingerprint density at radius 2 is 2.27 bits per heavy atom. The summed E-state index contributed by atoms with van der Waals surface area (Å²) < 4.78 is 4.40. The number of halogens is 1. The number of carbonyl (C=O) groups is 1. The van der Waals surface area contributed by atoms with Crippen molar-refractivity contribution in [3.8, 4) is 0 Å². The molecule has 1 fully saturated rings. The van der Waals surface area contributed by atoms with Crippen LogP contribution in [0, 0.1) is 0 Å². The smallest absolute Gasteiger partial charge is 0.274 e. The summed E-state index contributed by atoms with van der Waals surface area (Å²) in [5.41, 5.74) is 0.791. The van der Waals surface area contributed by atoms with Gasteiger partial charge in [0.1, 0.15) is 5.69 Å². The van der Waals surface area contributed by atoms with Gasteiger partial charge in [0.25, 0.3) is 5.24 Å². The molecule has 0 bridgehead atoms. The van der Waals surface area contributed by atoms with Crippen LogP contribution in [0.3, 0.4) is 0 Å². The first kappa shape index (κ1) is 6.79. The average Bonchev–Trinajstić information content (AvgIpc) is 2.68. The van der Waals surface area contributed by atoms with E-state index in [2.05, 4.69) is 14.9 Å². The molecule has 5 heteroatoms. The van der Waals surface area contributed by atoms with Crippen molar-refractivity contribution in [2.45, 2.75) is 18.8 Å². The highest BCUT2D eigenvalue weighted by atomic mass is 35.5. The van der Waals surface area contributed by atoms with Crippen molar-refractivity contribution in [3.05, 3.63) is 11.4 Å². The maximum Gasteiger partial charge on any atom is 0.276 e. The van der Waals surface area contributed by atoms with Crippen LogP contribution in [0.5, 0.6) is 0 Å². The number of hydrogen-bond donors (Lipinski definition) is 0. The van der Waals surface area contributed by atoms with Gasteiger partial charge in [-0.3, -0.25) is 4.79 Å². The fraction of sp³-hybridized carbons (Fsp3) is 0.500. The van der Waals surface area contributed by atoms with Gasteiger partial charge >= 0.3 is 0 Å². The van der Waals surface area contributed by atoms with Crippen LogP contribution in [-0.4, -0.2) is 15.6 Å². The van der Waals surface area contributed by atoms with Crippen LogP contribution in [0.15, 0.2) is 4.63 Å². The van der Waals surface area contributed by atoms with E-state index in [-0.39, 0.29) is 5.69 Å². The van der Waals surface area contributed by atoms with Gasteiger partial charge in [0.15, 0.2) is 5.69 Å². The molecule has 0 aromatic carbocycles. The van der Waals surface area contributed by atoms with Crippen molar-refractivity contribution >= 4 is 16.8 Å². The van der Waals surface area contributed by atoms with Crippen molar-refractivity contribution in [1.82, 2.24) is 10.3 Å². The molecule has 1 aliphatic carbocycles. The highest BCUT2D eigenvalue weighted by molar-refractivity contribution is 6.67. The normalized spacial score (nSPS) is 16.8. The Kier molecular flexibility index (Phi) is 1.42. The third kappa shape index (κ3) is 1.14. The van der Waals surface area contributed by atoms with Crippen molar-refractivity contribution < 1.29 is 9.42 Å². The summed E-state index contributed by atoms with van der Waals surface area (Å²) in [5.74, 6) is 0.346. The Labute approximate surface area is 67.5 Å². The van der Waals surface area contributed by atoms with Crippen molar-refractivity contribution in [2.75, 3.05) is 0 Å². The Hall–Kier alpha value is -0.900. The average molecular weight is 173 g/mol. The molecule has 0 saturated heterocycles. The number of carbonyl (C=O) groups excluding carboxylic acids is 1. The van der Waals surface area contributed by atoms with E-state index in [0.717, 1.165) is 12.8 Å². The quantitative estimate of drug-likeness (QED) is 0.632. The van der Waals surface area contributed by atoms with Gasteiger partial charge in [-0.1, -0.05) is 5.16 Å². The van der Waals surface area contributed by atoms with E-state index in [1.807, 2.05) is 0 Å². The summed E-state index contributed by atoms with van der Waals surface area (Å²) >= 11 is 5.22. The summed E-state index contributed by atoms with van der Waals surface area (Å²) in [6.07, 6.45) is 2.09. The zero-order valence-corrected chi connectivity index (χ0v) is 6.34. The molecular weight excluding hydrogens is 168 g/mol. The second-order valence-electron chi connectivity index (χ2n) is 2.55. The standard InChI is InChI=1S/C6H5ClN2O2/c7-6(10)5-4(3-1-2-3)8-11-9-5/h3H,1-2H2. The fourth-order valence-corrected chi connectivity index (χ4v) is 1.09. The molecule has 58 valence electrons. The first-order chi connectivity index (χ1) is 5.29. The largest absolute Gasteiger partial charge is 0.276 e. The summed E-state index contributed by atoms with van der Waals surface area (Å²) in [5, 5.41) is 6.43. The SMILES string of the molecule is O=C(Cl)c1nonc1C1CC1. The lowest BCUT2D eigenvalue weighted by molar-refractivity contribution is 0.107. The molecule has 1 aliphatic rings. The second kappa shape index (κ2) is 2.30. The zero-order chi connectivity index (χ0) is 7.84. The van der Waals surface area contributed by atoms with E-state index < -0.39 is 5.24 Å². The van der Waals surface area contributed by atoms with Gasteiger partial charge in [-0.15, -0.1) is 0 Å². The minimum absolute atomic E-state index is 0.175. The maximum absolute atomic E-state index is 10.7. The molecule has 0 radical (unpaired) electrons. The molecular formula is C6H5ClN2O2. The molecule has 1 heterocycles. The number of rotatable bonds is 2. The zero-order valence-electron chi connectivity index (χ0n) is 5.58. The summed E-state index contributed by atoms with van der Waals surface area (Å²) in [6.45, 7) is 0. The van der Waals surface area contributed by atoms with Crippen molar-refractivity contribution in [3.63, 3.8) is 0 Å². The highest BCUT2D eigenvalue weighted by Gasteiger charge is 2.32. The Morgan fingerprint density at radius 1 is 1.55 bits per heavy atom. The molecule has 0 spiro atoms. The monoisotopic (exact) mass is 172 g/mol. The Balaban J connectivity index is 2.37. The maximum atomic E-state index is 10.7. The van der Waals surface area contributed by atoms with Gasteiger partial charge in [0.05, 0.1) is 0 Å². The Morgan fingerprint density at radius 3 is 2.82 bits per heavy atom. The molecule has 0 aliphatic heterocycles. The third-order valence-corrected chi connectivity index (χ3v) is 1.84. The minimum atomic E-state index is -0.590. The predicted octanol–water partition coefficient (Wildman–Crippen LogP) is 1.33. The van der Waals surface area contributed by atoms with Gasteiger partial charge in [-0.05, 0) is 29.6 Å². The lowest BCUT2D eigenvalue weighted by Crippen LogP contribution is -1.94. The molecule has 0 atom stereocenters. The van der Waals surface area contributed by atoms with E-state index in [1.165, 1.54) is 0 Å². The summed E-state index contributed by atoms with van der Waals surface area (Å²) in [7, 11) is 0. The second-order valence-corrected chi connectivity index (χ2v) is 2.89. The van der Waals surface area contributed by atoms with Gasteiger partial charge in [-0.2, -0.15) is 0 Å². The van der Waals surface area contributed by atoms with E-state index in [0.29, 0.717) is 11.6 Å². The van der Waals surface area contributed by atoms with Crippen LogP contribution in [0.2, 0.25) is 0 Å². The van der Waals surface area contributed by atoms with Crippen LogP contribution in [-0.2, 0) is 0 Å².